The molecule has 0 saturated heterocycles. The number of hydrogen-bond acceptors (Lipinski definition) is 3. The quantitative estimate of drug-likeness (QED) is 0.620. The smallest absolute Gasteiger partial charge is 0.267 e. The van der Waals surface area contributed by atoms with E-state index in [1.165, 1.54) is 5.12 Å². The van der Waals surface area contributed by atoms with Crippen molar-refractivity contribution < 1.29 is 4.79 Å². The van der Waals surface area contributed by atoms with Crippen molar-refractivity contribution in [2.75, 3.05) is 5.12 Å². The molecule has 4 nitrogen and oxygen atoms in total. The number of rotatable bonds is 3. The van der Waals surface area contributed by atoms with Gasteiger partial charge in [0.1, 0.15) is 0 Å². The third-order valence-electron chi connectivity index (χ3n) is 2.29. The van der Waals surface area contributed by atoms with Crippen LogP contribution in [0.25, 0.3) is 0 Å². The lowest BCUT2D eigenvalue weighted by Gasteiger charge is -2.19. The van der Waals surface area contributed by atoms with Crippen LogP contribution in [-0.2, 0) is 0 Å². The van der Waals surface area contributed by atoms with Crippen LogP contribution in [0.15, 0.2) is 60.7 Å². The van der Waals surface area contributed by atoms with Gasteiger partial charge in [-0.15, -0.1) is 0 Å². The first-order valence-electron chi connectivity index (χ1n) is 5.23. The summed E-state index contributed by atoms with van der Waals surface area (Å²) < 4.78 is 0. The van der Waals surface area contributed by atoms with Crippen molar-refractivity contribution in [3.05, 3.63) is 66.2 Å². The molecule has 0 bridgehead atoms. The van der Waals surface area contributed by atoms with Gasteiger partial charge in [-0.2, -0.15) is 0 Å². The van der Waals surface area contributed by atoms with Crippen LogP contribution in [0.2, 0.25) is 0 Å². The van der Waals surface area contributed by atoms with Gasteiger partial charge < -0.3 is 0 Å². The Morgan fingerprint density at radius 2 is 1.47 bits per heavy atom. The number of anilines is 1. The molecule has 0 radical (unpaired) electrons. The Morgan fingerprint density at radius 1 is 0.941 bits per heavy atom. The second kappa shape index (κ2) is 5.14. The van der Waals surface area contributed by atoms with Crippen LogP contribution in [-0.4, -0.2) is 5.91 Å². The molecule has 0 unspecified atom stereocenters. The minimum atomic E-state index is -0.239. The van der Waals surface area contributed by atoms with E-state index in [4.69, 9.17) is 5.84 Å². The normalized spacial score (nSPS) is 9.71. The zero-order valence-corrected chi connectivity index (χ0v) is 9.21. The number of nitrogens with two attached hydrogens (primary N) is 1. The molecule has 0 spiro atoms. The Bertz CT molecular complexity index is 485. The van der Waals surface area contributed by atoms with Gasteiger partial charge in [-0.1, -0.05) is 36.4 Å². The molecule has 1 amide bonds. The van der Waals surface area contributed by atoms with Gasteiger partial charge in [0.05, 0.1) is 5.69 Å². The topological polar surface area (TPSA) is 58.4 Å². The average Bonchev–Trinajstić information content (AvgIpc) is 2.40. The van der Waals surface area contributed by atoms with Gasteiger partial charge in [0.15, 0.2) is 0 Å². The van der Waals surface area contributed by atoms with Gasteiger partial charge in [0, 0.05) is 5.56 Å². The highest BCUT2D eigenvalue weighted by atomic mass is 16.2. The van der Waals surface area contributed by atoms with Crippen LogP contribution < -0.4 is 16.4 Å². The van der Waals surface area contributed by atoms with E-state index < -0.39 is 0 Å². The third kappa shape index (κ3) is 2.83. The summed E-state index contributed by atoms with van der Waals surface area (Å²) in [4.78, 5) is 11.8. The fourth-order valence-corrected chi connectivity index (χ4v) is 1.42. The number of hydrazine groups is 2. The van der Waals surface area contributed by atoms with Crippen LogP contribution in [0, 0.1) is 0 Å². The number of carbonyl (C=O) groups is 1. The van der Waals surface area contributed by atoms with Gasteiger partial charge in [0.2, 0.25) is 0 Å². The standard InChI is InChI=1S/C13H13N3O/c14-16(12-9-5-2-6-10-12)15-13(17)11-7-3-1-4-8-11/h1-10H,14H2,(H,15,17). The van der Waals surface area contributed by atoms with Crippen molar-refractivity contribution in [3.63, 3.8) is 0 Å². The summed E-state index contributed by atoms with van der Waals surface area (Å²) in [5.74, 6) is 5.50. The van der Waals surface area contributed by atoms with E-state index in [9.17, 15) is 4.79 Å². The molecule has 0 saturated carbocycles. The summed E-state index contributed by atoms with van der Waals surface area (Å²) in [6, 6.07) is 18.1. The maximum Gasteiger partial charge on any atom is 0.270 e. The van der Waals surface area contributed by atoms with Gasteiger partial charge in [0.25, 0.3) is 5.91 Å². The summed E-state index contributed by atoms with van der Waals surface area (Å²) in [6.07, 6.45) is 0. The van der Waals surface area contributed by atoms with Gasteiger partial charge in [-0.25, -0.2) is 16.4 Å². The third-order valence-corrected chi connectivity index (χ3v) is 2.29. The Balaban J connectivity index is 2.05. The molecule has 0 atom stereocenters. The van der Waals surface area contributed by atoms with E-state index in [2.05, 4.69) is 5.43 Å². The fourth-order valence-electron chi connectivity index (χ4n) is 1.42. The van der Waals surface area contributed by atoms with E-state index in [0.717, 1.165) is 5.69 Å². The summed E-state index contributed by atoms with van der Waals surface area (Å²) in [5, 5.41) is 1.20. The SMILES string of the molecule is NN(NC(=O)c1ccccc1)c1ccccc1. The molecule has 0 aliphatic rings. The van der Waals surface area contributed by atoms with E-state index in [0.29, 0.717) is 5.56 Å². The number of nitrogens with zero attached hydrogens (tertiary/aromatic N) is 1. The Labute approximate surface area is 99.6 Å². The summed E-state index contributed by atoms with van der Waals surface area (Å²) in [7, 11) is 0. The second-order valence-electron chi connectivity index (χ2n) is 3.51. The van der Waals surface area contributed by atoms with Crippen LogP contribution in [0.3, 0.4) is 0 Å². The van der Waals surface area contributed by atoms with Crippen molar-refractivity contribution >= 4 is 11.6 Å². The van der Waals surface area contributed by atoms with Crippen molar-refractivity contribution in [2.24, 2.45) is 5.84 Å². The highest BCUT2D eigenvalue weighted by molar-refractivity contribution is 5.94. The molecule has 0 aliphatic carbocycles. The van der Waals surface area contributed by atoms with E-state index in [1.807, 2.05) is 36.4 Å². The number of hydrogen-bond donors (Lipinski definition) is 2. The minimum Gasteiger partial charge on any atom is -0.267 e. The molecule has 86 valence electrons. The Morgan fingerprint density at radius 3 is 2.06 bits per heavy atom. The minimum absolute atomic E-state index is 0.239. The first-order valence-corrected chi connectivity index (χ1v) is 5.23. The molecule has 0 heterocycles. The van der Waals surface area contributed by atoms with E-state index in [-0.39, 0.29) is 5.91 Å². The molecular formula is C13H13N3O. The number of carbonyl (C=O) groups excluding carboxylic acids is 1. The molecule has 0 fully saturated rings. The summed E-state index contributed by atoms with van der Waals surface area (Å²) in [5.41, 5.74) is 3.87. The Kier molecular flexibility index (Phi) is 3.37. The monoisotopic (exact) mass is 227 g/mol. The zero-order valence-electron chi connectivity index (χ0n) is 9.21. The zero-order chi connectivity index (χ0) is 12.1. The molecule has 0 aliphatic heterocycles. The highest BCUT2D eigenvalue weighted by Crippen LogP contribution is 2.07. The van der Waals surface area contributed by atoms with Crippen LogP contribution in [0.1, 0.15) is 10.4 Å². The van der Waals surface area contributed by atoms with Gasteiger partial charge in [-0.3, -0.25) is 4.79 Å². The van der Waals surface area contributed by atoms with E-state index >= 15 is 0 Å². The summed E-state index contributed by atoms with van der Waals surface area (Å²) >= 11 is 0. The predicted octanol–water partition coefficient (Wildman–Crippen LogP) is 1.71. The van der Waals surface area contributed by atoms with Crippen molar-refractivity contribution in [2.45, 2.75) is 0 Å². The van der Waals surface area contributed by atoms with Crippen molar-refractivity contribution in [1.82, 2.24) is 5.43 Å². The molecule has 3 N–H and O–H groups in total. The molecular weight excluding hydrogens is 214 g/mol. The molecule has 17 heavy (non-hydrogen) atoms. The lowest BCUT2D eigenvalue weighted by molar-refractivity contribution is 0.0949. The predicted molar refractivity (Wildman–Crippen MR) is 67.0 cm³/mol. The van der Waals surface area contributed by atoms with Crippen LogP contribution >= 0.6 is 0 Å². The van der Waals surface area contributed by atoms with Crippen LogP contribution in [0.5, 0.6) is 0 Å². The van der Waals surface area contributed by atoms with Gasteiger partial charge >= 0.3 is 0 Å². The Hall–Kier alpha value is -2.33. The number of benzene rings is 2. The maximum absolute atomic E-state index is 11.8. The molecule has 4 heteroatoms. The lowest BCUT2D eigenvalue weighted by atomic mass is 10.2. The first-order chi connectivity index (χ1) is 8.27. The molecule has 2 aromatic rings. The lowest BCUT2D eigenvalue weighted by Crippen LogP contribution is -2.47. The fraction of sp³-hybridized carbons (Fsp3) is 0. The number of amides is 1. The number of para-hydroxylation sites is 1. The number of nitrogens with one attached hydrogen (secondary N) is 1. The average molecular weight is 227 g/mol. The molecule has 2 aromatic carbocycles. The van der Waals surface area contributed by atoms with E-state index in [1.54, 1.807) is 24.3 Å². The van der Waals surface area contributed by atoms with Gasteiger partial charge in [-0.05, 0) is 24.3 Å². The molecule has 2 rings (SSSR count). The largest absolute Gasteiger partial charge is 0.270 e. The second-order valence-corrected chi connectivity index (χ2v) is 3.51. The van der Waals surface area contributed by atoms with Crippen molar-refractivity contribution in [1.29, 1.82) is 0 Å². The molecule has 0 aromatic heterocycles. The highest BCUT2D eigenvalue weighted by Gasteiger charge is 2.07. The van der Waals surface area contributed by atoms with Crippen molar-refractivity contribution in [3.8, 4) is 0 Å². The first kappa shape index (κ1) is 11.2. The maximum atomic E-state index is 11.8. The summed E-state index contributed by atoms with van der Waals surface area (Å²) in [6.45, 7) is 0. The van der Waals surface area contributed by atoms with Crippen LogP contribution in [0.4, 0.5) is 5.69 Å².